The molecule has 0 spiro atoms. The highest BCUT2D eigenvalue weighted by Crippen LogP contribution is 2.19. The molecular weight excluding hydrogens is 250 g/mol. The van der Waals surface area contributed by atoms with E-state index in [1.807, 2.05) is 0 Å². The molecule has 0 unspecified atom stereocenters. The van der Waals surface area contributed by atoms with Crippen molar-refractivity contribution in [2.24, 2.45) is 0 Å². The Morgan fingerprint density at radius 2 is 2.16 bits per heavy atom. The van der Waals surface area contributed by atoms with Crippen molar-refractivity contribution in [2.45, 2.75) is 0 Å². The van der Waals surface area contributed by atoms with Gasteiger partial charge in [0.2, 0.25) is 0 Å². The van der Waals surface area contributed by atoms with Crippen LogP contribution in [0.2, 0.25) is 0 Å². The fourth-order valence-electron chi connectivity index (χ4n) is 1.73. The third-order valence-electron chi connectivity index (χ3n) is 2.61. The third kappa shape index (κ3) is 3.35. The van der Waals surface area contributed by atoms with E-state index in [9.17, 15) is 9.59 Å². The van der Waals surface area contributed by atoms with Crippen molar-refractivity contribution in [2.75, 3.05) is 36.5 Å². The number of benzene rings is 1. The highest BCUT2D eigenvalue weighted by Gasteiger charge is 2.20. The quantitative estimate of drug-likeness (QED) is 0.749. The summed E-state index contributed by atoms with van der Waals surface area (Å²) in [5, 5.41) is 13.7. The molecule has 3 amide bonds. The van der Waals surface area contributed by atoms with E-state index in [1.54, 1.807) is 29.2 Å². The van der Waals surface area contributed by atoms with Crippen molar-refractivity contribution in [3.05, 3.63) is 24.3 Å². The van der Waals surface area contributed by atoms with E-state index in [-0.39, 0.29) is 19.2 Å². The number of aliphatic hydroxyl groups is 1. The minimum Gasteiger partial charge on any atom is -0.447 e. The number of carbonyl (C=O) groups excluding carboxylic acids is 2. The van der Waals surface area contributed by atoms with Crippen molar-refractivity contribution in [1.82, 2.24) is 5.32 Å². The molecule has 7 nitrogen and oxygen atoms in total. The number of ether oxygens (including phenoxy) is 1. The van der Waals surface area contributed by atoms with E-state index in [2.05, 4.69) is 15.4 Å². The molecule has 1 aromatic carbocycles. The summed E-state index contributed by atoms with van der Waals surface area (Å²) >= 11 is 0. The average molecular weight is 265 g/mol. The predicted molar refractivity (Wildman–Crippen MR) is 69.2 cm³/mol. The van der Waals surface area contributed by atoms with Crippen LogP contribution in [0.25, 0.3) is 0 Å². The van der Waals surface area contributed by atoms with Crippen LogP contribution in [-0.2, 0) is 4.74 Å². The van der Waals surface area contributed by atoms with Crippen LogP contribution in [-0.4, -0.2) is 43.5 Å². The van der Waals surface area contributed by atoms with Gasteiger partial charge in [-0.1, -0.05) is 0 Å². The number of rotatable bonds is 4. The van der Waals surface area contributed by atoms with Gasteiger partial charge in [-0.25, -0.2) is 9.59 Å². The zero-order valence-corrected chi connectivity index (χ0v) is 10.3. The fraction of sp³-hybridized carbons (Fsp3) is 0.333. The number of carbonyl (C=O) groups is 2. The monoisotopic (exact) mass is 265 g/mol. The second-order valence-electron chi connectivity index (χ2n) is 3.91. The Balaban J connectivity index is 1.94. The first-order valence-corrected chi connectivity index (χ1v) is 5.91. The molecule has 0 atom stereocenters. The molecule has 0 aliphatic carbocycles. The summed E-state index contributed by atoms with van der Waals surface area (Å²) in [5.74, 6) is 0. The molecule has 0 bridgehead atoms. The standard InChI is InChI=1S/C12H15N3O4/c16-7-8-19-12(18)14-9-1-3-10(4-2-9)15-6-5-13-11(15)17/h1-4,16H,5-8H2,(H,13,17)(H,14,18). The minimum absolute atomic E-state index is 0.0438. The molecule has 0 radical (unpaired) electrons. The Bertz CT molecular complexity index is 461. The van der Waals surface area contributed by atoms with Crippen molar-refractivity contribution in [3.8, 4) is 0 Å². The van der Waals surface area contributed by atoms with E-state index >= 15 is 0 Å². The van der Waals surface area contributed by atoms with Crippen molar-refractivity contribution >= 4 is 23.5 Å². The van der Waals surface area contributed by atoms with E-state index in [0.29, 0.717) is 18.8 Å². The van der Waals surface area contributed by atoms with Crippen LogP contribution in [0.5, 0.6) is 0 Å². The molecule has 2 rings (SSSR count). The minimum atomic E-state index is -0.624. The van der Waals surface area contributed by atoms with Crippen LogP contribution >= 0.6 is 0 Å². The largest absolute Gasteiger partial charge is 0.447 e. The Morgan fingerprint density at radius 3 is 2.74 bits per heavy atom. The molecular formula is C12H15N3O4. The molecule has 1 saturated heterocycles. The van der Waals surface area contributed by atoms with Gasteiger partial charge in [-0.15, -0.1) is 0 Å². The van der Waals surface area contributed by atoms with E-state index in [1.165, 1.54) is 0 Å². The fourth-order valence-corrected chi connectivity index (χ4v) is 1.73. The zero-order valence-electron chi connectivity index (χ0n) is 10.3. The highest BCUT2D eigenvalue weighted by molar-refractivity contribution is 5.94. The topological polar surface area (TPSA) is 90.9 Å². The zero-order chi connectivity index (χ0) is 13.7. The van der Waals surface area contributed by atoms with Gasteiger partial charge in [0.25, 0.3) is 0 Å². The Hall–Kier alpha value is -2.28. The van der Waals surface area contributed by atoms with Gasteiger partial charge >= 0.3 is 12.1 Å². The van der Waals surface area contributed by atoms with Gasteiger partial charge in [0.1, 0.15) is 6.61 Å². The molecule has 102 valence electrons. The van der Waals surface area contributed by atoms with Gasteiger partial charge in [0.15, 0.2) is 0 Å². The maximum Gasteiger partial charge on any atom is 0.411 e. The molecule has 0 saturated carbocycles. The maximum absolute atomic E-state index is 11.5. The van der Waals surface area contributed by atoms with Gasteiger partial charge in [-0.05, 0) is 24.3 Å². The molecule has 0 aromatic heterocycles. The predicted octanol–water partition coefficient (Wildman–Crippen LogP) is 0.757. The number of hydrogen-bond donors (Lipinski definition) is 3. The summed E-state index contributed by atoms with van der Waals surface area (Å²) in [6, 6.07) is 6.73. The number of hydrogen-bond acceptors (Lipinski definition) is 4. The van der Waals surface area contributed by atoms with Crippen LogP contribution in [0.3, 0.4) is 0 Å². The first-order valence-electron chi connectivity index (χ1n) is 5.91. The SMILES string of the molecule is O=C(Nc1ccc(N2CCNC2=O)cc1)OCCO. The Labute approximate surface area is 110 Å². The van der Waals surface area contributed by atoms with Gasteiger partial charge in [-0.3, -0.25) is 10.2 Å². The molecule has 1 aromatic rings. The van der Waals surface area contributed by atoms with E-state index in [0.717, 1.165) is 5.69 Å². The molecule has 1 aliphatic heterocycles. The molecule has 1 aliphatic rings. The van der Waals surface area contributed by atoms with Crippen molar-refractivity contribution < 1.29 is 19.4 Å². The number of nitrogens with zero attached hydrogens (tertiary/aromatic N) is 1. The first-order chi connectivity index (χ1) is 9.20. The number of amides is 3. The first kappa shape index (κ1) is 13.2. The van der Waals surface area contributed by atoms with E-state index < -0.39 is 6.09 Å². The molecule has 19 heavy (non-hydrogen) atoms. The number of aliphatic hydroxyl groups excluding tert-OH is 1. The maximum atomic E-state index is 11.5. The van der Waals surface area contributed by atoms with Gasteiger partial charge in [-0.2, -0.15) is 0 Å². The van der Waals surface area contributed by atoms with Gasteiger partial charge in [0, 0.05) is 24.5 Å². The summed E-state index contributed by atoms with van der Waals surface area (Å²) in [7, 11) is 0. The van der Waals surface area contributed by atoms with E-state index in [4.69, 9.17) is 5.11 Å². The summed E-state index contributed by atoms with van der Waals surface area (Å²) in [6.45, 7) is 1.00. The summed E-state index contributed by atoms with van der Waals surface area (Å²) in [4.78, 5) is 24.3. The Kier molecular flexibility index (Phi) is 4.19. The van der Waals surface area contributed by atoms with Crippen LogP contribution in [0.1, 0.15) is 0 Å². The smallest absolute Gasteiger partial charge is 0.411 e. The van der Waals surface area contributed by atoms with Crippen LogP contribution < -0.4 is 15.5 Å². The summed E-state index contributed by atoms with van der Waals surface area (Å²) in [5.41, 5.74) is 1.33. The number of urea groups is 1. The lowest BCUT2D eigenvalue weighted by molar-refractivity contribution is 0.131. The molecule has 1 heterocycles. The average Bonchev–Trinajstić information content (AvgIpc) is 2.83. The second kappa shape index (κ2) is 6.05. The van der Waals surface area contributed by atoms with Crippen molar-refractivity contribution in [1.29, 1.82) is 0 Å². The Morgan fingerprint density at radius 1 is 1.42 bits per heavy atom. The lowest BCUT2D eigenvalue weighted by Crippen LogP contribution is -2.27. The van der Waals surface area contributed by atoms with Gasteiger partial charge < -0.3 is 15.2 Å². The molecule has 1 fully saturated rings. The van der Waals surface area contributed by atoms with Crippen molar-refractivity contribution in [3.63, 3.8) is 0 Å². The van der Waals surface area contributed by atoms with Gasteiger partial charge in [0.05, 0.1) is 6.61 Å². The summed E-state index contributed by atoms with van der Waals surface area (Å²) < 4.78 is 4.67. The lowest BCUT2D eigenvalue weighted by Gasteiger charge is -2.14. The normalized spacial score (nSPS) is 14.2. The number of nitrogens with one attached hydrogen (secondary N) is 2. The number of anilines is 2. The molecule has 3 N–H and O–H groups in total. The third-order valence-corrected chi connectivity index (χ3v) is 2.61. The second-order valence-corrected chi connectivity index (χ2v) is 3.91. The van der Waals surface area contributed by atoms with Crippen LogP contribution in [0, 0.1) is 0 Å². The van der Waals surface area contributed by atoms with Crippen LogP contribution in [0.15, 0.2) is 24.3 Å². The molecule has 7 heteroatoms. The highest BCUT2D eigenvalue weighted by atomic mass is 16.6. The van der Waals surface area contributed by atoms with Crippen LogP contribution in [0.4, 0.5) is 21.0 Å². The lowest BCUT2D eigenvalue weighted by atomic mass is 10.2. The summed E-state index contributed by atoms with van der Waals surface area (Å²) in [6.07, 6.45) is -0.624.